The van der Waals surface area contributed by atoms with Gasteiger partial charge in [-0.3, -0.25) is 0 Å². The number of rotatable bonds is 0. The van der Waals surface area contributed by atoms with Crippen LogP contribution in [0.5, 0.6) is 0 Å². The van der Waals surface area contributed by atoms with Crippen molar-refractivity contribution in [2.75, 3.05) is 0 Å². The summed E-state index contributed by atoms with van der Waals surface area (Å²) in [6.07, 6.45) is 0. The van der Waals surface area contributed by atoms with Gasteiger partial charge < -0.3 is 6.15 Å². The van der Waals surface area contributed by atoms with Crippen LogP contribution in [0.1, 0.15) is 0 Å². The summed E-state index contributed by atoms with van der Waals surface area (Å²) in [5.74, 6) is 0. The fourth-order valence-electron chi connectivity index (χ4n) is 0.367. The largest absolute Gasteiger partial charge is 0.344 e. The van der Waals surface area contributed by atoms with Gasteiger partial charge in [-0.25, -0.2) is 0 Å². The Morgan fingerprint density at radius 2 is 1.67 bits per heavy atom. The molecule has 3 N–H and O–H groups in total. The van der Waals surface area contributed by atoms with Gasteiger partial charge in [-0.2, -0.15) is 0 Å². The van der Waals surface area contributed by atoms with Crippen LogP contribution in [-0.2, 0) is 0 Å². The zero-order chi connectivity index (χ0) is 5.11. The topological polar surface area (TPSA) is 35.0 Å². The Kier molecular flexibility index (Phi) is 7.55. The second kappa shape index (κ2) is 5.89. The minimum absolute atomic E-state index is 0. The monoisotopic (exact) mass is 164 g/mol. The van der Waals surface area contributed by atoms with Gasteiger partial charge >= 0.3 is 0 Å². The Balaban J connectivity index is 0. The zero-order valence-corrected chi connectivity index (χ0v) is 6.38. The predicted octanol–water partition coefficient (Wildman–Crippen LogP) is 2.72. The van der Waals surface area contributed by atoms with E-state index in [1.807, 2.05) is 0 Å². The first-order valence-electron chi connectivity index (χ1n) is 2.01. The molecule has 0 fully saturated rings. The van der Waals surface area contributed by atoms with Crippen molar-refractivity contribution < 1.29 is 0 Å². The fraction of sp³-hybridized carbons (Fsp3) is 0. The Labute approximate surface area is 66.0 Å². The first kappa shape index (κ1) is 11.5. The zero-order valence-electron chi connectivity index (χ0n) is 4.80. The highest BCUT2D eigenvalue weighted by molar-refractivity contribution is 6.30. The van der Waals surface area contributed by atoms with Crippen molar-refractivity contribution >= 4 is 24.0 Å². The minimum Gasteiger partial charge on any atom is -0.344 e. The van der Waals surface area contributed by atoms with E-state index in [-0.39, 0.29) is 18.6 Å². The summed E-state index contributed by atoms with van der Waals surface area (Å²) in [6, 6.07) is 10.00. The number of benzene rings is 1. The molecule has 0 aliphatic carbocycles. The summed E-state index contributed by atoms with van der Waals surface area (Å²) in [4.78, 5) is 0. The van der Waals surface area contributed by atoms with Gasteiger partial charge in [-0.05, 0) is 18.2 Å². The summed E-state index contributed by atoms with van der Waals surface area (Å²) in [7, 11) is 0. The third-order valence-corrected chi connectivity index (χ3v) is 0.930. The molecule has 0 saturated heterocycles. The molecule has 0 unspecified atom stereocenters. The average molecular weight is 165 g/mol. The Hall–Kier alpha value is -0.240. The molecule has 3 heteroatoms. The molecule has 0 atom stereocenters. The van der Waals surface area contributed by atoms with Gasteiger partial charge in [0.2, 0.25) is 0 Å². The molecule has 1 radical (unpaired) electrons. The molecule has 0 aromatic heterocycles. The highest BCUT2D eigenvalue weighted by atomic mass is 35.5. The van der Waals surface area contributed by atoms with Crippen LogP contribution in [0.25, 0.3) is 0 Å². The normalized spacial score (nSPS) is 6.78. The van der Waals surface area contributed by atoms with E-state index < -0.39 is 0 Å². The van der Waals surface area contributed by atoms with E-state index in [4.69, 9.17) is 11.6 Å². The van der Waals surface area contributed by atoms with Gasteiger partial charge in [0, 0.05) is 5.02 Å². The van der Waals surface area contributed by atoms with Crippen LogP contribution in [-0.4, -0.2) is 0 Å². The Morgan fingerprint density at radius 1 is 1.22 bits per heavy atom. The van der Waals surface area contributed by atoms with Crippen LogP contribution in [0.2, 0.25) is 5.02 Å². The Bertz CT molecular complexity index is 141. The third-order valence-electron chi connectivity index (χ3n) is 0.678. The van der Waals surface area contributed by atoms with E-state index in [1.54, 1.807) is 24.3 Å². The highest BCUT2D eigenvalue weighted by Crippen LogP contribution is 2.03. The highest BCUT2D eigenvalue weighted by Gasteiger charge is 1.75. The van der Waals surface area contributed by atoms with Gasteiger partial charge in [0.1, 0.15) is 0 Å². The molecule has 0 aliphatic heterocycles. The molecule has 1 aromatic rings. The second-order valence-electron chi connectivity index (χ2n) is 1.22. The number of halogens is 2. The van der Waals surface area contributed by atoms with E-state index in [9.17, 15) is 0 Å². The van der Waals surface area contributed by atoms with E-state index in [0.29, 0.717) is 0 Å². The van der Waals surface area contributed by atoms with Gasteiger partial charge in [-0.1, -0.05) is 23.7 Å². The first-order chi connectivity index (χ1) is 3.39. The molecule has 9 heavy (non-hydrogen) atoms. The third kappa shape index (κ3) is 4.28. The van der Waals surface area contributed by atoms with E-state index in [1.165, 1.54) is 0 Å². The van der Waals surface area contributed by atoms with Crippen molar-refractivity contribution in [1.29, 1.82) is 0 Å². The predicted molar refractivity (Wildman–Crippen MR) is 42.6 cm³/mol. The molecule has 0 spiro atoms. The van der Waals surface area contributed by atoms with Crippen LogP contribution >= 0.6 is 24.0 Å². The fourth-order valence-corrected chi connectivity index (χ4v) is 0.493. The molecule has 0 heterocycles. The summed E-state index contributed by atoms with van der Waals surface area (Å²) in [5, 5.41) is 0.763. The molecule has 1 rings (SSSR count). The van der Waals surface area contributed by atoms with Gasteiger partial charge in [0.05, 0.1) is 0 Å². The lowest BCUT2D eigenvalue weighted by atomic mass is 10.4. The lowest BCUT2D eigenvalue weighted by Crippen LogP contribution is -1.56. The molecule has 1 aromatic carbocycles. The van der Waals surface area contributed by atoms with Crippen molar-refractivity contribution in [2.45, 2.75) is 0 Å². The second-order valence-corrected chi connectivity index (χ2v) is 1.65. The minimum atomic E-state index is 0. The number of hydrogen-bond acceptors (Lipinski definition) is 1. The summed E-state index contributed by atoms with van der Waals surface area (Å²) < 4.78 is 0. The first-order valence-corrected chi connectivity index (χ1v) is 2.39. The molecular formula is C6H8Cl2N. The lowest BCUT2D eigenvalue weighted by molar-refractivity contribution is 1.69. The average Bonchev–Trinajstić information content (AvgIpc) is 1.69. The summed E-state index contributed by atoms with van der Waals surface area (Å²) in [6.45, 7) is 0. The summed E-state index contributed by atoms with van der Waals surface area (Å²) >= 11 is 5.52. The van der Waals surface area contributed by atoms with E-state index in [2.05, 4.69) is 6.07 Å². The standard InChI is InChI=1S/C6H4Cl.ClH.H3N/c7-6-4-2-1-3-5-6;;/h2-5H;1H;1H3. The van der Waals surface area contributed by atoms with Crippen LogP contribution in [0.15, 0.2) is 24.3 Å². The van der Waals surface area contributed by atoms with E-state index in [0.717, 1.165) is 5.02 Å². The van der Waals surface area contributed by atoms with Crippen molar-refractivity contribution in [3.63, 3.8) is 0 Å². The number of hydrogen-bond donors (Lipinski definition) is 1. The maximum Gasteiger partial charge on any atom is 0.0406 e. The molecule has 0 saturated carbocycles. The van der Waals surface area contributed by atoms with Crippen molar-refractivity contribution in [2.24, 2.45) is 0 Å². The lowest BCUT2D eigenvalue weighted by Gasteiger charge is -1.79. The van der Waals surface area contributed by atoms with Gasteiger partial charge in [-0.15, -0.1) is 12.4 Å². The van der Waals surface area contributed by atoms with Gasteiger partial charge in [0.25, 0.3) is 0 Å². The molecular weight excluding hydrogens is 157 g/mol. The maximum absolute atomic E-state index is 5.52. The van der Waals surface area contributed by atoms with Crippen molar-refractivity contribution in [3.8, 4) is 0 Å². The van der Waals surface area contributed by atoms with E-state index >= 15 is 0 Å². The quantitative estimate of drug-likeness (QED) is 0.630. The molecule has 0 aliphatic rings. The van der Waals surface area contributed by atoms with Gasteiger partial charge in [0.15, 0.2) is 0 Å². The molecule has 0 amide bonds. The summed E-state index contributed by atoms with van der Waals surface area (Å²) in [5.41, 5.74) is 0. The van der Waals surface area contributed by atoms with Crippen LogP contribution in [0, 0.1) is 6.07 Å². The molecule has 0 bridgehead atoms. The molecule has 51 valence electrons. The Morgan fingerprint density at radius 3 is 1.89 bits per heavy atom. The smallest absolute Gasteiger partial charge is 0.0406 e. The van der Waals surface area contributed by atoms with Crippen LogP contribution in [0.3, 0.4) is 0 Å². The SMILES string of the molecule is Cl.Clc1cc[c]cc1.N. The van der Waals surface area contributed by atoms with Crippen molar-refractivity contribution in [3.05, 3.63) is 35.4 Å². The molecule has 1 nitrogen and oxygen atoms in total. The van der Waals surface area contributed by atoms with Crippen molar-refractivity contribution in [1.82, 2.24) is 6.15 Å². The van der Waals surface area contributed by atoms with Crippen LogP contribution in [0.4, 0.5) is 0 Å². The van der Waals surface area contributed by atoms with Crippen LogP contribution < -0.4 is 6.15 Å². The maximum atomic E-state index is 5.52.